The lowest BCUT2D eigenvalue weighted by atomic mass is 9.70. The summed E-state index contributed by atoms with van der Waals surface area (Å²) in [6.45, 7) is 6.38. The van der Waals surface area contributed by atoms with Gasteiger partial charge in [-0.05, 0) is 48.4 Å². The Balaban J connectivity index is 1.66. The summed E-state index contributed by atoms with van der Waals surface area (Å²) in [5.74, 6) is -0.324. The number of carbonyl (C=O) groups is 2. The lowest BCUT2D eigenvalue weighted by Crippen LogP contribution is -2.34. The number of benzene rings is 1. The molecule has 3 unspecified atom stereocenters. The van der Waals surface area contributed by atoms with E-state index < -0.39 is 5.97 Å². The van der Waals surface area contributed by atoms with Gasteiger partial charge in [-0.15, -0.1) is 0 Å². The zero-order valence-corrected chi connectivity index (χ0v) is 14.1. The number of hydrogen-bond donors (Lipinski definition) is 1. The molecule has 0 radical (unpaired) electrons. The van der Waals surface area contributed by atoms with Crippen molar-refractivity contribution in [3.63, 3.8) is 0 Å². The number of esters is 1. The molecule has 1 aromatic rings. The van der Waals surface area contributed by atoms with Crippen LogP contribution in [0.5, 0.6) is 0 Å². The van der Waals surface area contributed by atoms with E-state index in [1.807, 2.05) is 6.92 Å². The molecular weight excluding hydrogens is 310 g/mol. The van der Waals surface area contributed by atoms with E-state index in [4.69, 9.17) is 9.94 Å². The molecule has 6 heteroatoms. The van der Waals surface area contributed by atoms with E-state index in [9.17, 15) is 14.8 Å². The molecule has 0 spiro atoms. The molecule has 0 heterocycles. The number of rotatable bonds is 4. The molecule has 2 bridgehead atoms. The lowest BCUT2D eigenvalue weighted by Gasteiger charge is -2.32. The largest absolute Gasteiger partial charge is 0.733 e. The predicted molar refractivity (Wildman–Crippen MR) is 87.5 cm³/mol. The highest BCUT2D eigenvalue weighted by Crippen LogP contribution is 2.65. The van der Waals surface area contributed by atoms with Crippen LogP contribution in [0.4, 0.5) is 5.69 Å². The number of hydrogen-bond acceptors (Lipinski definition) is 6. The van der Waals surface area contributed by atoms with Crippen LogP contribution in [-0.2, 0) is 9.53 Å². The van der Waals surface area contributed by atoms with Crippen molar-refractivity contribution >= 4 is 17.4 Å². The summed E-state index contributed by atoms with van der Waals surface area (Å²) in [5, 5.41) is 19.3. The van der Waals surface area contributed by atoms with E-state index in [0.29, 0.717) is 0 Å². The van der Waals surface area contributed by atoms with Crippen LogP contribution in [0.25, 0.3) is 0 Å². The summed E-state index contributed by atoms with van der Waals surface area (Å²) >= 11 is 0. The van der Waals surface area contributed by atoms with Crippen LogP contribution in [0.1, 0.15) is 44.0 Å². The topological polar surface area (TPSA) is 89.9 Å². The Morgan fingerprint density at radius 2 is 1.96 bits per heavy atom. The fourth-order valence-electron chi connectivity index (χ4n) is 4.44. The molecular formula is C18H22NO5-. The smallest absolute Gasteiger partial charge is 0.338 e. The average Bonchev–Trinajstić information content (AvgIpc) is 2.85. The van der Waals surface area contributed by atoms with Gasteiger partial charge in [0.25, 0.3) is 0 Å². The first-order valence-corrected chi connectivity index (χ1v) is 8.16. The minimum atomic E-state index is -0.532. The maximum atomic E-state index is 12.7. The molecule has 3 rings (SSSR count). The maximum Gasteiger partial charge on any atom is 0.338 e. The second-order valence-corrected chi connectivity index (χ2v) is 7.59. The van der Waals surface area contributed by atoms with Crippen LogP contribution in [-0.4, -0.2) is 23.6 Å². The highest BCUT2D eigenvalue weighted by atomic mass is 16.8. The van der Waals surface area contributed by atoms with Gasteiger partial charge in [0.2, 0.25) is 0 Å². The molecule has 130 valence electrons. The van der Waals surface area contributed by atoms with E-state index in [-0.39, 0.29) is 51.5 Å². The molecule has 1 N–H and O–H groups in total. The van der Waals surface area contributed by atoms with Gasteiger partial charge in [-0.3, -0.25) is 10.0 Å². The summed E-state index contributed by atoms with van der Waals surface area (Å²) in [4.78, 5) is 24.9. The first-order valence-electron chi connectivity index (χ1n) is 8.16. The van der Waals surface area contributed by atoms with Gasteiger partial charge in [-0.1, -0.05) is 20.8 Å². The number of ether oxygens (including phenoxy) is 1. The van der Waals surface area contributed by atoms with E-state index in [0.717, 1.165) is 12.8 Å². The Bertz CT molecular complexity index is 666. The van der Waals surface area contributed by atoms with Gasteiger partial charge in [-0.2, -0.15) is 0 Å². The van der Waals surface area contributed by atoms with Crippen LogP contribution in [0, 0.1) is 27.9 Å². The predicted octanol–water partition coefficient (Wildman–Crippen LogP) is 3.18. The minimum absolute atomic E-state index is 0.0319. The molecule has 0 saturated heterocycles. The SMILES string of the molecule is CC12CCC(C(COC(=O)c3ccc(N([O-])O)cc3)C1=O)C2(C)C. The monoisotopic (exact) mass is 332 g/mol. The van der Waals surface area contributed by atoms with Gasteiger partial charge in [-0.25, -0.2) is 4.79 Å². The summed E-state index contributed by atoms with van der Waals surface area (Å²) in [5.41, 5.74) is -0.0810. The third kappa shape index (κ3) is 2.32. The van der Waals surface area contributed by atoms with Crippen molar-refractivity contribution in [3.05, 3.63) is 35.0 Å². The van der Waals surface area contributed by atoms with Gasteiger partial charge in [0, 0.05) is 5.41 Å². The van der Waals surface area contributed by atoms with Gasteiger partial charge in [0.05, 0.1) is 17.2 Å². The van der Waals surface area contributed by atoms with Gasteiger partial charge >= 0.3 is 5.97 Å². The first kappa shape index (κ1) is 16.9. The van der Waals surface area contributed by atoms with Gasteiger partial charge in [0.15, 0.2) is 0 Å². The Labute approximate surface area is 140 Å². The first-order chi connectivity index (χ1) is 11.2. The van der Waals surface area contributed by atoms with Crippen molar-refractivity contribution in [2.45, 2.75) is 33.6 Å². The number of nitrogens with zero attached hydrogens (tertiary/aromatic N) is 1. The van der Waals surface area contributed by atoms with Crippen molar-refractivity contribution in [2.75, 3.05) is 11.8 Å². The number of carbonyl (C=O) groups excluding carboxylic acids is 2. The highest BCUT2D eigenvalue weighted by Gasteiger charge is 2.66. The van der Waals surface area contributed by atoms with Crippen molar-refractivity contribution in [1.82, 2.24) is 0 Å². The fraction of sp³-hybridized carbons (Fsp3) is 0.556. The van der Waals surface area contributed by atoms with Crippen molar-refractivity contribution < 1.29 is 19.5 Å². The molecule has 0 amide bonds. The molecule has 2 aliphatic rings. The molecule has 6 nitrogen and oxygen atoms in total. The second-order valence-electron chi connectivity index (χ2n) is 7.59. The van der Waals surface area contributed by atoms with Gasteiger partial charge < -0.3 is 15.2 Å². The van der Waals surface area contributed by atoms with Crippen LogP contribution < -0.4 is 5.23 Å². The van der Waals surface area contributed by atoms with Crippen molar-refractivity contribution in [1.29, 1.82) is 0 Å². The Hall–Kier alpha value is -1.92. The summed E-state index contributed by atoms with van der Waals surface area (Å²) < 4.78 is 5.36. The molecule has 0 aliphatic heterocycles. The molecule has 24 heavy (non-hydrogen) atoms. The van der Waals surface area contributed by atoms with E-state index in [2.05, 4.69) is 13.8 Å². The summed E-state index contributed by atoms with van der Waals surface area (Å²) in [7, 11) is 0. The maximum absolute atomic E-state index is 12.7. The zero-order valence-electron chi connectivity index (χ0n) is 14.1. The van der Waals surface area contributed by atoms with Gasteiger partial charge in [0.1, 0.15) is 12.4 Å². The normalized spacial score (nSPS) is 30.5. The highest BCUT2D eigenvalue weighted by molar-refractivity contribution is 5.93. The average molecular weight is 332 g/mol. The van der Waals surface area contributed by atoms with E-state index in [1.54, 1.807) is 0 Å². The second kappa shape index (κ2) is 5.57. The fourth-order valence-corrected chi connectivity index (χ4v) is 4.44. The van der Waals surface area contributed by atoms with Crippen LogP contribution >= 0.6 is 0 Å². The minimum Gasteiger partial charge on any atom is -0.733 e. The summed E-state index contributed by atoms with van der Waals surface area (Å²) in [6, 6.07) is 5.48. The third-order valence-corrected chi connectivity index (χ3v) is 6.39. The third-order valence-electron chi connectivity index (χ3n) is 6.39. The number of ketones is 1. The Morgan fingerprint density at radius 3 is 2.46 bits per heavy atom. The van der Waals surface area contributed by atoms with E-state index >= 15 is 0 Å². The Kier molecular flexibility index (Phi) is 3.92. The molecule has 1 aromatic carbocycles. The molecule has 3 atom stereocenters. The van der Waals surface area contributed by atoms with Crippen LogP contribution in [0.3, 0.4) is 0 Å². The molecule has 2 fully saturated rings. The van der Waals surface area contributed by atoms with Crippen molar-refractivity contribution in [2.24, 2.45) is 22.7 Å². The van der Waals surface area contributed by atoms with E-state index in [1.165, 1.54) is 24.3 Å². The number of fused-ring (bicyclic) bond motifs is 2. The van der Waals surface area contributed by atoms with Crippen LogP contribution in [0.15, 0.2) is 24.3 Å². The van der Waals surface area contributed by atoms with Crippen LogP contribution in [0.2, 0.25) is 0 Å². The molecule has 2 aliphatic carbocycles. The zero-order chi connectivity index (χ0) is 17.7. The molecule has 2 saturated carbocycles. The van der Waals surface area contributed by atoms with Crippen molar-refractivity contribution in [3.8, 4) is 0 Å². The molecule has 0 aromatic heterocycles. The lowest BCUT2D eigenvalue weighted by molar-refractivity contribution is -0.132. The number of anilines is 1. The quantitative estimate of drug-likeness (QED) is 0.673. The summed E-state index contributed by atoms with van der Waals surface area (Å²) in [6.07, 6.45) is 1.89. The number of Topliss-reactive ketones (excluding diaryl/α,β-unsaturated/α-hetero) is 1. The standard InChI is InChI=1S/C18H22NO5/c1-17(2)14-8-9-18(17,3)15(20)13(14)10-24-16(21)11-4-6-12(7-5-11)19(22)23/h4-7,13-14,22H,8-10H2,1-3H3/q-1. The Morgan fingerprint density at radius 1 is 1.33 bits per heavy atom.